The Labute approximate surface area is 143 Å². The van der Waals surface area contributed by atoms with Crippen molar-refractivity contribution in [1.29, 1.82) is 0 Å². The van der Waals surface area contributed by atoms with Crippen molar-refractivity contribution in [3.05, 3.63) is 35.7 Å². The zero-order valence-electron chi connectivity index (χ0n) is 13.2. The van der Waals surface area contributed by atoms with E-state index >= 15 is 0 Å². The molecule has 0 bridgehead atoms. The van der Waals surface area contributed by atoms with Gasteiger partial charge in [0.15, 0.2) is 0 Å². The van der Waals surface area contributed by atoms with Gasteiger partial charge >= 0.3 is 6.16 Å². The van der Waals surface area contributed by atoms with Crippen LogP contribution in [0.4, 0.5) is 4.79 Å². The number of amides is 1. The Morgan fingerprint density at radius 2 is 2.29 bits per heavy atom. The Bertz CT molecular complexity index is 708. The van der Waals surface area contributed by atoms with Crippen LogP contribution in [0, 0.1) is 0 Å². The molecule has 0 N–H and O–H groups in total. The normalized spacial score (nSPS) is 29.8. The first-order valence-corrected chi connectivity index (χ1v) is 8.17. The van der Waals surface area contributed by atoms with Crippen LogP contribution in [0.5, 0.6) is 0 Å². The molecule has 1 amide bonds. The van der Waals surface area contributed by atoms with Gasteiger partial charge in [0.05, 0.1) is 23.1 Å². The van der Waals surface area contributed by atoms with Gasteiger partial charge in [-0.15, -0.1) is 11.8 Å². The molecule has 8 heteroatoms. The standard InChI is InChI=1S/C16H16N2O5S/c1-16(9-23-15(21)22-2)12(8-19)18-13(20)11(14(18)24-16)7-10-5-3-4-6-17-10/h3-8,12,14H,9H2,1-2H3/b11-7-/t12-,14?,16-/m0/s1. The number of thioether (sulfide) groups is 1. The number of fused-ring (bicyclic) bond motifs is 1. The van der Waals surface area contributed by atoms with Crippen molar-refractivity contribution in [2.24, 2.45) is 0 Å². The van der Waals surface area contributed by atoms with Crippen molar-refractivity contribution in [2.75, 3.05) is 13.7 Å². The predicted molar refractivity (Wildman–Crippen MR) is 87.1 cm³/mol. The van der Waals surface area contributed by atoms with Gasteiger partial charge in [-0.25, -0.2) is 4.79 Å². The Morgan fingerprint density at radius 3 is 2.92 bits per heavy atom. The molecule has 1 unspecified atom stereocenters. The number of rotatable bonds is 4. The molecule has 0 spiro atoms. The van der Waals surface area contributed by atoms with E-state index in [0.29, 0.717) is 11.3 Å². The zero-order valence-corrected chi connectivity index (χ0v) is 14.0. The molecule has 2 saturated heterocycles. The number of aldehydes is 1. The fourth-order valence-electron chi connectivity index (χ4n) is 2.80. The maximum Gasteiger partial charge on any atom is 0.508 e. The Morgan fingerprint density at radius 1 is 1.50 bits per heavy atom. The molecule has 0 aromatic carbocycles. The predicted octanol–water partition coefficient (Wildman–Crippen LogP) is 1.49. The molecule has 0 aliphatic carbocycles. The van der Waals surface area contributed by atoms with E-state index in [1.807, 2.05) is 6.07 Å². The highest BCUT2D eigenvalue weighted by Crippen LogP contribution is 2.53. The van der Waals surface area contributed by atoms with E-state index in [1.165, 1.54) is 23.8 Å². The first-order chi connectivity index (χ1) is 11.5. The van der Waals surface area contributed by atoms with Gasteiger partial charge in [0, 0.05) is 6.20 Å². The maximum atomic E-state index is 12.4. The monoisotopic (exact) mass is 348 g/mol. The van der Waals surface area contributed by atoms with Crippen molar-refractivity contribution in [3.63, 3.8) is 0 Å². The first-order valence-electron chi connectivity index (χ1n) is 7.29. The van der Waals surface area contributed by atoms with Gasteiger partial charge in [0.2, 0.25) is 0 Å². The average molecular weight is 348 g/mol. The molecular formula is C16H16N2O5S. The molecule has 1 aromatic rings. The summed E-state index contributed by atoms with van der Waals surface area (Å²) in [5.41, 5.74) is 1.27. The Balaban J connectivity index is 1.81. The Hall–Kier alpha value is -2.35. The Kier molecular flexibility index (Phi) is 4.31. The van der Waals surface area contributed by atoms with E-state index in [4.69, 9.17) is 4.74 Å². The second-order valence-corrected chi connectivity index (χ2v) is 7.29. The van der Waals surface area contributed by atoms with E-state index < -0.39 is 16.9 Å². The molecule has 1 aromatic heterocycles. The second-order valence-electron chi connectivity index (χ2n) is 5.67. The summed E-state index contributed by atoms with van der Waals surface area (Å²) in [5, 5.41) is -0.249. The molecular weight excluding hydrogens is 332 g/mol. The lowest BCUT2D eigenvalue weighted by Crippen LogP contribution is -2.57. The van der Waals surface area contributed by atoms with Gasteiger partial charge in [0.25, 0.3) is 5.91 Å². The number of hydrogen-bond donors (Lipinski definition) is 0. The SMILES string of the molecule is COC(=O)OC[C@]1(C)SC2/C(=C\c3ccccn3)C(=O)N2[C@H]1C=O. The van der Waals surface area contributed by atoms with Crippen LogP contribution >= 0.6 is 11.8 Å². The first kappa shape index (κ1) is 16.5. The summed E-state index contributed by atoms with van der Waals surface area (Å²) in [7, 11) is 1.22. The summed E-state index contributed by atoms with van der Waals surface area (Å²) >= 11 is 1.42. The summed E-state index contributed by atoms with van der Waals surface area (Å²) in [6, 6.07) is 4.78. The number of aromatic nitrogens is 1. The summed E-state index contributed by atoms with van der Waals surface area (Å²) in [6.45, 7) is 1.77. The van der Waals surface area contributed by atoms with Crippen molar-refractivity contribution < 1.29 is 23.9 Å². The number of β-lactam (4-membered cyclic amide) rings is 1. The van der Waals surface area contributed by atoms with Crippen LogP contribution < -0.4 is 0 Å². The largest absolute Gasteiger partial charge is 0.508 e. The molecule has 3 rings (SSSR count). The maximum absolute atomic E-state index is 12.4. The highest BCUT2D eigenvalue weighted by Gasteiger charge is 2.60. The van der Waals surface area contributed by atoms with Gasteiger partial charge in [-0.2, -0.15) is 0 Å². The van der Waals surface area contributed by atoms with Crippen molar-refractivity contribution in [2.45, 2.75) is 23.1 Å². The molecule has 2 aliphatic rings. The van der Waals surface area contributed by atoms with E-state index in [1.54, 1.807) is 31.3 Å². The highest BCUT2D eigenvalue weighted by atomic mass is 32.2. The summed E-state index contributed by atoms with van der Waals surface area (Å²) in [4.78, 5) is 40.9. The third kappa shape index (κ3) is 2.66. The lowest BCUT2D eigenvalue weighted by atomic mass is 9.95. The lowest BCUT2D eigenvalue weighted by Gasteiger charge is -2.38. The van der Waals surface area contributed by atoms with Crippen LogP contribution in [0.2, 0.25) is 0 Å². The fourth-order valence-corrected chi connectivity index (χ4v) is 4.38. The number of methoxy groups -OCH3 is 1. The summed E-state index contributed by atoms with van der Waals surface area (Å²) in [5.74, 6) is -0.197. The second kappa shape index (κ2) is 6.27. The zero-order chi connectivity index (χ0) is 17.3. The average Bonchev–Trinajstić information content (AvgIpc) is 2.88. The van der Waals surface area contributed by atoms with Gasteiger partial charge in [-0.3, -0.25) is 9.78 Å². The molecule has 0 radical (unpaired) electrons. The molecule has 2 fully saturated rings. The minimum absolute atomic E-state index is 0.0229. The summed E-state index contributed by atoms with van der Waals surface area (Å²) < 4.78 is 8.74. The number of pyridine rings is 1. The van der Waals surface area contributed by atoms with Crippen LogP contribution in [-0.4, -0.2) is 58.1 Å². The molecule has 24 heavy (non-hydrogen) atoms. The molecule has 0 saturated carbocycles. The molecule has 7 nitrogen and oxygen atoms in total. The molecule has 3 atom stereocenters. The third-order valence-electron chi connectivity index (χ3n) is 4.07. The number of carbonyl (C=O) groups excluding carboxylic acids is 3. The van der Waals surface area contributed by atoms with Crippen LogP contribution in [-0.2, 0) is 19.1 Å². The van der Waals surface area contributed by atoms with Crippen molar-refractivity contribution in [3.8, 4) is 0 Å². The van der Waals surface area contributed by atoms with E-state index in [9.17, 15) is 14.4 Å². The number of carbonyl (C=O) groups is 3. The van der Waals surface area contributed by atoms with Crippen LogP contribution in [0.1, 0.15) is 12.6 Å². The van der Waals surface area contributed by atoms with Gasteiger partial charge in [-0.05, 0) is 25.1 Å². The molecule has 126 valence electrons. The minimum Gasteiger partial charge on any atom is -0.438 e. The van der Waals surface area contributed by atoms with Crippen molar-refractivity contribution >= 4 is 36.2 Å². The van der Waals surface area contributed by atoms with Crippen molar-refractivity contribution in [1.82, 2.24) is 9.88 Å². The quantitative estimate of drug-likeness (QED) is 0.353. The van der Waals surface area contributed by atoms with E-state index in [0.717, 1.165) is 6.29 Å². The molecule has 2 aliphatic heterocycles. The van der Waals surface area contributed by atoms with Gasteiger partial charge in [0.1, 0.15) is 24.3 Å². The summed E-state index contributed by atoms with van der Waals surface area (Å²) in [6.07, 6.45) is 3.29. The highest BCUT2D eigenvalue weighted by molar-refractivity contribution is 8.02. The smallest absolute Gasteiger partial charge is 0.438 e. The van der Waals surface area contributed by atoms with E-state index in [-0.39, 0.29) is 17.9 Å². The molecule has 3 heterocycles. The minimum atomic E-state index is -0.814. The fraction of sp³-hybridized carbons (Fsp3) is 0.375. The van der Waals surface area contributed by atoms with Crippen LogP contribution in [0.15, 0.2) is 30.0 Å². The van der Waals surface area contributed by atoms with Crippen LogP contribution in [0.3, 0.4) is 0 Å². The van der Waals surface area contributed by atoms with E-state index in [2.05, 4.69) is 9.72 Å². The van der Waals surface area contributed by atoms with Gasteiger partial charge in [-0.1, -0.05) is 6.07 Å². The number of ether oxygens (including phenoxy) is 2. The van der Waals surface area contributed by atoms with Gasteiger partial charge < -0.3 is 19.2 Å². The topological polar surface area (TPSA) is 85.8 Å². The van der Waals surface area contributed by atoms with Crippen LogP contribution in [0.25, 0.3) is 6.08 Å². The number of hydrogen-bond acceptors (Lipinski definition) is 7. The third-order valence-corrected chi connectivity index (χ3v) is 5.67. The lowest BCUT2D eigenvalue weighted by molar-refractivity contribution is -0.139. The number of nitrogens with zero attached hydrogens (tertiary/aromatic N) is 2.